The summed E-state index contributed by atoms with van der Waals surface area (Å²) in [5, 5.41) is 2.76. The van der Waals surface area contributed by atoms with E-state index in [4.69, 9.17) is 9.47 Å². The molecule has 0 radical (unpaired) electrons. The van der Waals surface area contributed by atoms with E-state index in [1.54, 1.807) is 45.2 Å². The van der Waals surface area contributed by atoms with E-state index >= 15 is 0 Å². The second-order valence-corrected chi connectivity index (χ2v) is 8.52. The molecule has 2 aromatic rings. The molecule has 0 aromatic heterocycles. The first kappa shape index (κ1) is 20.2. The Morgan fingerprint density at radius 1 is 1.07 bits per heavy atom. The number of nitrogens with zero attached hydrogens (tertiary/aromatic N) is 1. The summed E-state index contributed by atoms with van der Waals surface area (Å²) in [4.78, 5) is 12.0. The molecule has 8 heteroatoms. The van der Waals surface area contributed by atoms with Gasteiger partial charge in [-0.25, -0.2) is 8.42 Å². The van der Waals surface area contributed by atoms with Gasteiger partial charge in [0.15, 0.2) is 11.5 Å². The highest BCUT2D eigenvalue weighted by atomic mass is 32.2. The molecule has 3 rings (SSSR count). The monoisotopic (exact) mass is 404 g/mol. The van der Waals surface area contributed by atoms with Crippen molar-refractivity contribution in [2.24, 2.45) is 0 Å². The summed E-state index contributed by atoms with van der Waals surface area (Å²) >= 11 is 0. The number of amides is 1. The van der Waals surface area contributed by atoms with E-state index in [1.807, 2.05) is 6.07 Å². The van der Waals surface area contributed by atoms with Crippen molar-refractivity contribution in [2.75, 3.05) is 26.1 Å². The molecule has 0 spiro atoms. The molecule has 0 fully saturated rings. The number of anilines is 1. The first-order chi connectivity index (χ1) is 13.3. The van der Waals surface area contributed by atoms with Gasteiger partial charge in [-0.3, -0.25) is 4.79 Å². The molecule has 0 bridgehead atoms. The first-order valence-electron chi connectivity index (χ1n) is 8.97. The van der Waals surface area contributed by atoms with Gasteiger partial charge in [-0.1, -0.05) is 13.0 Å². The molecule has 1 atom stereocenters. The van der Waals surface area contributed by atoms with E-state index in [0.29, 0.717) is 29.3 Å². The van der Waals surface area contributed by atoms with Crippen LogP contribution in [0, 0.1) is 0 Å². The van der Waals surface area contributed by atoms with Crippen molar-refractivity contribution in [3.8, 4) is 11.5 Å². The van der Waals surface area contributed by atoms with Gasteiger partial charge in [0.25, 0.3) is 0 Å². The fourth-order valence-corrected chi connectivity index (χ4v) is 4.73. The number of hydrogen-bond acceptors (Lipinski definition) is 5. The van der Waals surface area contributed by atoms with E-state index in [2.05, 4.69) is 5.32 Å². The molecular formula is C20H24N2O5S. The van der Waals surface area contributed by atoms with E-state index < -0.39 is 10.0 Å². The van der Waals surface area contributed by atoms with E-state index in [9.17, 15) is 13.2 Å². The van der Waals surface area contributed by atoms with Gasteiger partial charge in [-0.2, -0.15) is 4.31 Å². The van der Waals surface area contributed by atoms with Crippen molar-refractivity contribution in [3.05, 3.63) is 47.5 Å². The minimum atomic E-state index is -3.72. The van der Waals surface area contributed by atoms with Crippen LogP contribution in [0.5, 0.6) is 11.5 Å². The lowest BCUT2D eigenvalue weighted by atomic mass is 10.0. The van der Waals surface area contributed by atoms with Crippen LogP contribution in [0.1, 0.15) is 30.9 Å². The molecule has 1 amide bonds. The fourth-order valence-electron chi connectivity index (χ4n) is 3.25. The van der Waals surface area contributed by atoms with Gasteiger partial charge in [-0.15, -0.1) is 0 Å². The Balaban J connectivity index is 1.91. The maximum Gasteiger partial charge on any atom is 0.243 e. The number of carbonyl (C=O) groups is 1. The zero-order valence-corrected chi connectivity index (χ0v) is 17.2. The lowest BCUT2D eigenvalue weighted by Gasteiger charge is -2.21. The van der Waals surface area contributed by atoms with Crippen molar-refractivity contribution in [1.82, 2.24) is 4.31 Å². The minimum Gasteiger partial charge on any atom is -0.493 e. The van der Waals surface area contributed by atoms with Crippen LogP contribution in [0.25, 0.3) is 0 Å². The van der Waals surface area contributed by atoms with Crippen molar-refractivity contribution in [1.29, 1.82) is 0 Å². The topological polar surface area (TPSA) is 84.9 Å². The number of nitrogens with one attached hydrogen (secondary N) is 1. The second-order valence-electron chi connectivity index (χ2n) is 6.58. The zero-order chi connectivity index (χ0) is 20.5. The molecule has 1 N–H and O–H groups in total. The number of carbonyl (C=O) groups excluding carboxylic acids is 1. The molecular weight excluding hydrogens is 380 g/mol. The van der Waals surface area contributed by atoms with Gasteiger partial charge >= 0.3 is 0 Å². The van der Waals surface area contributed by atoms with Crippen molar-refractivity contribution in [2.45, 2.75) is 31.2 Å². The Bertz CT molecular complexity index is 1000. The Labute approximate surface area is 165 Å². The Morgan fingerprint density at radius 3 is 2.43 bits per heavy atom. The van der Waals surface area contributed by atoms with Gasteiger partial charge in [0.05, 0.1) is 25.0 Å². The summed E-state index contributed by atoms with van der Waals surface area (Å²) in [6, 6.07) is 10.1. The quantitative estimate of drug-likeness (QED) is 0.767. The summed E-state index contributed by atoms with van der Waals surface area (Å²) in [7, 11) is -0.636. The standard InChI is InChI=1S/C20H24N2O5S/c1-5-22(12-14-6-9-18(26-3)19(10-14)27-4)28(24,25)15-7-8-17-16(11-15)13(2)20(23)21-17/h6-11,13H,5,12H2,1-4H3,(H,21,23)/t13-/m1/s1. The molecule has 0 saturated heterocycles. The molecule has 0 saturated carbocycles. The summed E-state index contributed by atoms with van der Waals surface area (Å²) in [5.74, 6) is 0.639. The van der Waals surface area contributed by atoms with Crippen LogP contribution in [0.3, 0.4) is 0 Å². The average Bonchev–Trinajstić information content (AvgIpc) is 2.99. The Hall–Kier alpha value is -2.58. The third kappa shape index (κ3) is 3.57. The van der Waals surface area contributed by atoms with Gasteiger partial charge < -0.3 is 14.8 Å². The van der Waals surface area contributed by atoms with Gasteiger partial charge in [-0.05, 0) is 48.4 Å². The number of rotatable bonds is 7. The normalized spacial score (nSPS) is 16.0. The van der Waals surface area contributed by atoms with E-state index in [-0.39, 0.29) is 23.3 Å². The number of methoxy groups -OCH3 is 2. The summed E-state index contributed by atoms with van der Waals surface area (Å²) in [6.45, 7) is 4.06. The van der Waals surface area contributed by atoms with E-state index in [0.717, 1.165) is 5.56 Å². The molecule has 7 nitrogen and oxygen atoms in total. The van der Waals surface area contributed by atoms with E-state index in [1.165, 1.54) is 17.5 Å². The number of fused-ring (bicyclic) bond motifs is 1. The van der Waals surface area contributed by atoms with Crippen LogP contribution in [0.15, 0.2) is 41.3 Å². The number of ether oxygens (including phenoxy) is 2. The van der Waals surface area contributed by atoms with Crippen molar-refractivity contribution < 1.29 is 22.7 Å². The van der Waals surface area contributed by atoms with Crippen LogP contribution < -0.4 is 14.8 Å². The molecule has 1 heterocycles. The summed E-state index contributed by atoms with van der Waals surface area (Å²) in [5.41, 5.74) is 2.15. The minimum absolute atomic E-state index is 0.123. The highest BCUT2D eigenvalue weighted by molar-refractivity contribution is 7.89. The number of hydrogen-bond donors (Lipinski definition) is 1. The number of benzene rings is 2. The van der Waals surface area contributed by atoms with Gasteiger partial charge in [0, 0.05) is 18.8 Å². The molecule has 2 aromatic carbocycles. The lowest BCUT2D eigenvalue weighted by Crippen LogP contribution is -2.30. The lowest BCUT2D eigenvalue weighted by molar-refractivity contribution is -0.116. The highest BCUT2D eigenvalue weighted by Gasteiger charge is 2.30. The predicted molar refractivity (Wildman–Crippen MR) is 106 cm³/mol. The number of sulfonamides is 1. The van der Waals surface area contributed by atoms with Crippen LogP contribution in [0.4, 0.5) is 5.69 Å². The largest absolute Gasteiger partial charge is 0.493 e. The third-order valence-electron chi connectivity index (χ3n) is 4.94. The Kier molecular flexibility index (Phi) is 5.62. The first-order valence-corrected chi connectivity index (χ1v) is 10.4. The average molecular weight is 404 g/mol. The fraction of sp³-hybridized carbons (Fsp3) is 0.350. The van der Waals surface area contributed by atoms with Crippen LogP contribution in [0.2, 0.25) is 0 Å². The SMILES string of the molecule is CCN(Cc1ccc(OC)c(OC)c1)S(=O)(=O)c1ccc2c(c1)[C@@H](C)C(=O)N2. The zero-order valence-electron chi connectivity index (χ0n) is 16.4. The summed E-state index contributed by atoms with van der Waals surface area (Å²) < 4.78 is 38.3. The third-order valence-corrected chi connectivity index (χ3v) is 6.85. The van der Waals surface area contributed by atoms with Crippen molar-refractivity contribution >= 4 is 21.6 Å². The van der Waals surface area contributed by atoms with Gasteiger partial charge in [0.1, 0.15) is 0 Å². The molecule has 1 aliphatic heterocycles. The predicted octanol–water partition coefficient (Wildman–Crippen LogP) is 2.97. The molecule has 0 aliphatic carbocycles. The maximum absolute atomic E-state index is 13.2. The van der Waals surface area contributed by atoms with Crippen LogP contribution >= 0.6 is 0 Å². The molecule has 28 heavy (non-hydrogen) atoms. The highest BCUT2D eigenvalue weighted by Crippen LogP contribution is 2.35. The van der Waals surface area contributed by atoms with Crippen LogP contribution in [-0.4, -0.2) is 39.4 Å². The van der Waals surface area contributed by atoms with Gasteiger partial charge in [0.2, 0.25) is 15.9 Å². The second kappa shape index (κ2) is 7.81. The maximum atomic E-state index is 13.2. The molecule has 0 unspecified atom stereocenters. The smallest absolute Gasteiger partial charge is 0.243 e. The summed E-state index contributed by atoms with van der Waals surface area (Å²) in [6.07, 6.45) is 0. The van der Waals surface area contributed by atoms with Crippen LogP contribution in [-0.2, 0) is 21.4 Å². The molecule has 1 aliphatic rings. The Morgan fingerprint density at radius 2 is 1.79 bits per heavy atom. The van der Waals surface area contributed by atoms with Crippen molar-refractivity contribution in [3.63, 3.8) is 0 Å². The molecule has 150 valence electrons.